The van der Waals surface area contributed by atoms with Crippen molar-refractivity contribution in [3.63, 3.8) is 0 Å². The Hall–Kier alpha value is -2.24. The molecular weight excluding hydrogens is 250 g/mol. The third-order valence-electron chi connectivity index (χ3n) is 2.54. The smallest absolute Gasteiger partial charge is 0.338 e. The van der Waals surface area contributed by atoms with E-state index in [0.717, 1.165) is 0 Å². The third-order valence-corrected chi connectivity index (χ3v) is 2.54. The lowest BCUT2D eigenvalue weighted by atomic mass is 9.95. The van der Waals surface area contributed by atoms with Crippen LogP contribution >= 0.6 is 0 Å². The molecule has 0 spiro atoms. The fraction of sp³-hybridized carbons (Fsp3) is 0.385. The van der Waals surface area contributed by atoms with E-state index in [-0.39, 0.29) is 12.2 Å². The number of carbonyl (C=O) groups is 2. The number of nitrogen functional groups attached to an aromatic ring is 1. The van der Waals surface area contributed by atoms with Gasteiger partial charge in [0.15, 0.2) is 0 Å². The largest absolute Gasteiger partial charge is 0.497 e. The van der Waals surface area contributed by atoms with E-state index in [4.69, 9.17) is 20.3 Å². The molecule has 0 fully saturated rings. The van der Waals surface area contributed by atoms with Gasteiger partial charge >= 0.3 is 11.9 Å². The fourth-order valence-electron chi connectivity index (χ4n) is 1.25. The molecule has 0 aliphatic carbocycles. The van der Waals surface area contributed by atoms with E-state index in [1.165, 1.54) is 33.1 Å². The van der Waals surface area contributed by atoms with Crippen molar-refractivity contribution >= 4 is 17.6 Å². The molecule has 0 saturated heterocycles. The highest BCUT2D eigenvalue weighted by atomic mass is 16.5. The van der Waals surface area contributed by atoms with Crippen LogP contribution in [-0.4, -0.2) is 30.8 Å². The maximum Gasteiger partial charge on any atom is 0.338 e. The van der Waals surface area contributed by atoms with Gasteiger partial charge in [0.25, 0.3) is 0 Å². The van der Waals surface area contributed by atoms with Crippen LogP contribution in [0.1, 0.15) is 24.2 Å². The number of anilines is 1. The van der Waals surface area contributed by atoms with Crippen LogP contribution in [0, 0.1) is 5.41 Å². The number of methoxy groups -OCH3 is 1. The van der Waals surface area contributed by atoms with E-state index in [2.05, 4.69) is 0 Å². The summed E-state index contributed by atoms with van der Waals surface area (Å²) in [6, 6.07) is 4.49. The Labute approximate surface area is 111 Å². The van der Waals surface area contributed by atoms with Crippen LogP contribution in [-0.2, 0) is 9.53 Å². The Morgan fingerprint density at radius 1 is 1.32 bits per heavy atom. The number of benzene rings is 1. The zero-order chi connectivity index (χ0) is 14.6. The predicted molar refractivity (Wildman–Crippen MR) is 69.1 cm³/mol. The van der Waals surface area contributed by atoms with Gasteiger partial charge in [0.05, 0.1) is 18.1 Å². The molecule has 0 unspecified atom stereocenters. The number of carbonyl (C=O) groups excluding carboxylic acids is 1. The number of carboxylic acids is 1. The minimum absolute atomic E-state index is 0.220. The molecule has 0 aromatic heterocycles. The zero-order valence-electron chi connectivity index (χ0n) is 11.1. The molecule has 0 bridgehead atoms. The summed E-state index contributed by atoms with van der Waals surface area (Å²) in [6.45, 7) is 2.73. The Balaban J connectivity index is 2.79. The molecule has 3 N–H and O–H groups in total. The molecule has 0 radical (unpaired) electrons. The van der Waals surface area contributed by atoms with Gasteiger partial charge in [-0.15, -0.1) is 0 Å². The lowest BCUT2D eigenvalue weighted by Gasteiger charge is -2.18. The summed E-state index contributed by atoms with van der Waals surface area (Å²) >= 11 is 0. The normalized spacial score (nSPS) is 10.9. The lowest BCUT2D eigenvalue weighted by molar-refractivity contribution is -0.149. The Bertz CT molecular complexity index is 496. The van der Waals surface area contributed by atoms with Crippen molar-refractivity contribution in [3.8, 4) is 5.75 Å². The van der Waals surface area contributed by atoms with E-state index in [9.17, 15) is 9.59 Å². The Morgan fingerprint density at radius 2 is 1.95 bits per heavy atom. The number of rotatable bonds is 5. The van der Waals surface area contributed by atoms with Crippen molar-refractivity contribution in [2.45, 2.75) is 13.8 Å². The maximum absolute atomic E-state index is 11.8. The number of ether oxygens (including phenoxy) is 2. The molecule has 1 rings (SSSR count). The predicted octanol–water partition coefficient (Wildman–Crippen LogP) is 1.54. The van der Waals surface area contributed by atoms with Gasteiger partial charge in [-0.3, -0.25) is 4.79 Å². The van der Waals surface area contributed by atoms with Gasteiger partial charge in [0.2, 0.25) is 0 Å². The summed E-state index contributed by atoms with van der Waals surface area (Å²) in [5.74, 6) is -1.24. The maximum atomic E-state index is 11.8. The van der Waals surface area contributed by atoms with E-state index < -0.39 is 17.4 Å². The fourth-order valence-corrected chi connectivity index (χ4v) is 1.25. The molecule has 0 atom stereocenters. The second-order valence-electron chi connectivity index (χ2n) is 4.76. The Morgan fingerprint density at radius 3 is 2.47 bits per heavy atom. The SMILES string of the molecule is COc1cc(N)cc(C(=O)OCC(C)(C)C(=O)O)c1. The van der Waals surface area contributed by atoms with Crippen LogP contribution in [0.15, 0.2) is 18.2 Å². The van der Waals surface area contributed by atoms with E-state index in [1.807, 2.05) is 0 Å². The van der Waals surface area contributed by atoms with Gasteiger partial charge in [0.1, 0.15) is 12.4 Å². The first-order valence-electron chi connectivity index (χ1n) is 5.61. The molecule has 0 aliphatic rings. The highest BCUT2D eigenvalue weighted by Crippen LogP contribution is 2.21. The van der Waals surface area contributed by atoms with Crippen LogP contribution < -0.4 is 10.5 Å². The van der Waals surface area contributed by atoms with Crippen LogP contribution in [0.2, 0.25) is 0 Å². The van der Waals surface area contributed by atoms with Gasteiger partial charge in [-0.05, 0) is 26.0 Å². The average molecular weight is 267 g/mol. The molecule has 1 aromatic carbocycles. The van der Waals surface area contributed by atoms with Gasteiger partial charge in [-0.1, -0.05) is 0 Å². The van der Waals surface area contributed by atoms with Crippen molar-refractivity contribution in [2.75, 3.05) is 19.5 Å². The number of aliphatic carboxylic acids is 1. The molecule has 104 valence electrons. The molecule has 6 nitrogen and oxygen atoms in total. The monoisotopic (exact) mass is 267 g/mol. The second kappa shape index (κ2) is 5.60. The number of hydrogen-bond donors (Lipinski definition) is 2. The number of carboxylic acid groups (broad SMARTS) is 1. The first-order valence-corrected chi connectivity index (χ1v) is 5.61. The number of esters is 1. The standard InChI is InChI=1S/C13H17NO5/c1-13(2,12(16)17)7-19-11(15)8-4-9(14)6-10(5-8)18-3/h4-6H,7,14H2,1-3H3,(H,16,17). The zero-order valence-corrected chi connectivity index (χ0v) is 11.1. The van der Waals surface area contributed by atoms with Crippen molar-refractivity contribution in [3.05, 3.63) is 23.8 Å². The summed E-state index contributed by atoms with van der Waals surface area (Å²) in [5.41, 5.74) is 5.07. The summed E-state index contributed by atoms with van der Waals surface area (Å²) in [6.07, 6.45) is 0. The van der Waals surface area contributed by atoms with Crippen LogP contribution in [0.3, 0.4) is 0 Å². The molecule has 19 heavy (non-hydrogen) atoms. The average Bonchev–Trinajstić information content (AvgIpc) is 2.34. The van der Waals surface area contributed by atoms with Gasteiger partial charge in [0, 0.05) is 11.8 Å². The molecule has 6 heteroatoms. The lowest BCUT2D eigenvalue weighted by Crippen LogP contribution is -2.30. The molecule has 0 aliphatic heterocycles. The van der Waals surface area contributed by atoms with Gasteiger partial charge < -0.3 is 20.3 Å². The number of hydrogen-bond acceptors (Lipinski definition) is 5. The highest BCUT2D eigenvalue weighted by molar-refractivity contribution is 5.91. The molecule has 0 saturated carbocycles. The molecule has 0 heterocycles. The minimum Gasteiger partial charge on any atom is -0.497 e. The Kier molecular flexibility index (Phi) is 4.37. The van der Waals surface area contributed by atoms with Crippen LogP contribution in [0.25, 0.3) is 0 Å². The van der Waals surface area contributed by atoms with E-state index in [0.29, 0.717) is 11.4 Å². The van der Waals surface area contributed by atoms with Gasteiger partial charge in [-0.25, -0.2) is 4.79 Å². The van der Waals surface area contributed by atoms with Crippen molar-refractivity contribution in [1.29, 1.82) is 0 Å². The van der Waals surface area contributed by atoms with Gasteiger partial charge in [-0.2, -0.15) is 0 Å². The molecule has 0 amide bonds. The quantitative estimate of drug-likeness (QED) is 0.620. The highest BCUT2D eigenvalue weighted by Gasteiger charge is 2.29. The van der Waals surface area contributed by atoms with Crippen molar-refractivity contribution in [1.82, 2.24) is 0 Å². The summed E-state index contributed by atoms with van der Waals surface area (Å²) < 4.78 is 9.97. The third kappa shape index (κ3) is 3.87. The molecular formula is C13H17NO5. The van der Waals surface area contributed by atoms with Crippen LogP contribution in [0.4, 0.5) is 5.69 Å². The van der Waals surface area contributed by atoms with Crippen molar-refractivity contribution < 1.29 is 24.2 Å². The molecule has 1 aromatic rings. The van der Waals surface area contributed by atoms with E-state index in [1.54, 1.807) is 6.07 Å². The number of nitrogens with two attached hydrogens (primary N) is 1. The second-order valence-corrected chi connectivity index (χ2v) is 4.76. The minimum atomic E-state index is -1.14. The first-order chi connectivity index (χ1) is 8.76. The summed E-state index contributed by atoms with van der Waals surface area (Å²) in [4.78, 5) is 22.7. The topological polar surface area (TPSA) is 98.9 Å². The van der Waals surface area contributed by atoms with Crippen LogP contribution in [0.5, 0.6) is 5.75 Å². The first kappa shape index (κ1) is 14.8. The van der Waals surface area contributed by atoms with E-state index >= 15 is 0 Å². The van der Waals surface area contributed by atoms with Crippen molar-refractivity contribution in [2.24, 2.45) is 5.41 Å². The summed E-state index contributed by atoms with van der Waals surface area (Å²) in [7, 11) is 1.46. The summed E-state index contributed by atoms with van der Waals surface area (Å²) in [5, 5.41) is 8.92.